The minimum atomic E-state index is -0.559. The molecule has 0 heterocycles. The largest absolute Gasteiger partial charge is 0.445 e. The molecule has 0 spiro atoms. The van der Waals surface area contributed by atoms with E-state index in [9.17, 15) is 9.59 Å². The van der Waals surface area contributed by atoms with Crippen LogP contribution in [0.5, 0.6) is 0 Å². The number of rotatable bonds is 6. The molecule has 1 rings (SSSR count). The van der Waals surface area contributed by atoms with Gasteiger partial charge in [-0.2, -0.15) is 0 Å². The minimum absolute atomic E-state index is 0.0170. The van der Waals surface area contributed by atoms with Crippen LogP contribution < -0.4 is 5.32 Å². The molecule has 1 aromatic rings. The molecule has 0 aromatic heterocycles. The van der Waals surface area contributed by atoms with Crippen molar-refractivity contribution in [3.05, 3.63) is 35.4 Å². The number of Topliss-reactive ketones (excluding diaryl/α,β-unsaturated/α-hetero) is 1. The maximum Gasteiger partial charge on any atom is 0.408 e. The lowest BCUT2D eigenvalue weighted by Gasteiger charge is -2.31. The molecule has 0 saturated carbocycles. The van der Waals surface area contributed by atoms with E-state index in [1.807, 2.05) is 58.9 Å². The van der Waals surface area contributed by atoms with E-state index in [-0.39, 0.29) is 23.7 Å². The Hall–Kier alpha value is -1.84. The first-order valence-corrected chi connectivity index (χ1v) is 8.20. The summed E-state index contributed by atoms with van der Waals surface area (Å²) in [5, 5.41) is 2.74. The van der Waals surface area contributed by atoms with Gasteiger partial charge in [0.25, 0.3) is 0 Å². The Morgan fingerprint density at radius 1 is 1.13 bits per heavy atom. The van der Waals surface area contributed by atoms with Gasteiger partial charge in [-0.25, -0.2) is 4.79 Å². The molecule has 0 fully saturated rings. The molecule has 4 heteroatoms. The number of hydrogen-bond donors (Lipinski definition) is 1. The van der Waals surface area contributed by atoms with Gasteiger partial charge in [0, 0.05) is 5.92 Å². The lowest BCUT2D eigenvalue weighted by atomic mass is 9.81. The second-order valence-corrected chi connectivity index (χ2v) is 7.20. The molecule has 128 valence electrons. The van der Waals surface area contributed by atoms with E-state index in [1.54, 1.807) is 0 Å². The van der Waals surface area contributed by atoms with E-state index >= 15 is 0 Å². The number of ketones is 1. The van der Waals surface area contributed by atoms with Crippen LogP contribution in [0.1, 0.15) is 52.7 Å². The summed E-state index contributed by atoms with van der Waals surface area (Å²) in [5.74, 6) is -0.122. The lowest BCUT2D eigenvalue weighted by Crippen LogP contribution is -2.50. The van der Waals surface area contributed by atoms with Crippen LogP contribution in [0.2, 0.25) is 0 Å². The number of alkyl carbamates (subject to hydrolysis) is 1. The molecule has 0 bridgehead atoms. The van der Waals surface area contributed by atoms with Gasteiger partial charge in [-0.3, -0.25) is 4.79 Å². The summed E-state index contributed by atoms with van der Waals surface area (Å²) in [6.07, 6.45) is 0.335. The highest BCUT2D eigenvalue weighted by atomic mass is 16.5. The number of hydrogen-bond acceptors (Lipinski definition) is 3. The third-order valence-corrected chi connectivity index (χ3v) is 3.84. The topological polar surface area (TPSA) is 55.4 Å². The number of aryl methyl sites for hydroxylation is 1. The van der Waals surface area contributed by atoms with Crippen molar-refractivity contribution in [1.29, 1.82) is 0 Å². The molecule has 1 amide bonds. The van der Waals surface area contributed by atoms with Gasteiger partial charge in [0.2, 0.25) is 0 Å². The van der Waals surface area contributed by atoms with Crippen LogP contribution in [-0.4, -0.2) is 17.9 Å². The molecule has 1 atom stereocenters. The van der Waals surface area contributed by atoms with Crippen molar-refractivity contribution >= 4 is 11.9 Å². The maximum absolute atomic E-state index is 12.3. The quantitative estimate of drug-likeness (QED) is 0.858. The number of ether oxygens (including phenoxy) is 1. The van der Waals surface area contributed by atoms with Crippen molar-refractivity contribution in [3.63, 3.8) is 0 Å². The fourth-order valence-corrected chi connectivity index (χ4v) is 2.39. The number of nitrogens with one attached hydrogen (secondary N) is 1. The van der Waals surface area contributed by atoms with Gasteiger partial charge < -0.3 is 10.1 Å². The second kappa shape index (κ2) is 8.14. The summed E-state index contributed by atoms with van der Waals surface area (Å²) in [6, 6.07) is 7.31. The SMILES string of the molecule is CCc1ccccc1COC(=O)NC(C(=O)C(C)C)C(C)(C)C. The smallest absolute Gasteiger partial charge is 0.408 e. The standard InChI is InChI=1S/C19H29NO3/c1-7-14-10-8-9-11-15(14)12-23-18(22)20-17(19(4,5)6)16(21)13(2)3/h8-11,13,17H,7,12H2,1-6H3,(H,20,22). The van der Waals surface area contributed by atoms with Gasteiger partial charge >= 0.3 is 6.09 Å². The first kappa shape index (κ1) is 19.2. The van der Waals surface area contributed by atoms with Crippen LogP contribution in [-0.2, 0) is 22.6 Å². The lowest BCUT2D eigenvalue weighted by molar-refractivity contribution is -0.126. The highest BCUT2D eigenvalue weighted by Crippen LogP contribution is 2.22. The molecular formula is C19H29NO3. The molecule has 0 radical (unpaired) electrons. The van der Waals surface area contributed by atoms with Crippen LogP contribution in [0, 0.1) is 11.3 Å². The maximum atomic E-state index is 12.3. The summed E-state index contributed by atoms with van der Waals surface area (Å²) in [7, 11) is 0. The summed E-state index contributed by atoms with van der Waals surface area (Å²) < 4.78 is 5.32. The molecule has 1 N–H and O–H groups in total. The van der Waals surface area contributed by atoms with Gasteiger partial charge in [-0.05, 0) is 23.0 Å². The van der Waals surface area contributed by atoms with E-state index in [0.717, 1.165) is 17.5 Å². The molecular weight excluding hydrogens is 290 g/mol. The van der Waals surface area contributed by atoms with E-state index in [0.29, 0.717) is 0 Å². The van der Waals surface area contributed by atoms with E-state index in [4.69, 9.17) is 4.74 Å². The predicted octanol–water partition coefficient (Wildman–Crippen LogP) is 4.12. The number of benzene rings is 1. The highest BCUT2D eigenvalue weighted by molar-refractivity contribution is 5.89. The van der Waals surface area contributed by atoms with Crippen molar-refractivity contribution in [3.8, 4) is 0 Å². The van der Waals surface area contributed by atoms with Crippen LogP contribution in [0.3, 0.4) is 0 Å². The van der Waals surface area contributed by atoms with Crippen molar-refractivity contribution in [2.45, 2.75) is 60.6 Å². The van der Waals surface area contributed by atoms with Crippen molar-refractivity contribution < 1.29 is 14.3 Å². The minimum Gasteiger partial charge on any atom is -0.445 e. The normalized spacial score (nSPS) is 12.8. The third kappa shape index (κ3) is 5.70. The summed E-state index contributed by atoms with van der Waals surface area (Å²) in [5.41, 5.74) is 1.79. The van der Waals surface area contributed by atoms with Crippen LogP contribution in [0.15, 0.2) is 24.3 Å². The summed E-state index contributed by atoms with van der Waals surface area (Å²) in [6.45, 7) is 11.8. The Morgan fingerprint density at radius 2 is 1.70 bits per heavy atom. The summed E-state index contributed by atoms with van der Waals surface area (Å²) >= 11 is 0. The van der Waals surface area contributed by atoms with Crippen molar-refractivity contribution in [1.82, 2.24) is 5.32 Å². The van der Waals surface area contributed by atoms with Crippen molar-refractivity contribution in [2.75, 3.05) is 0 Å². The number of amides is 1. The molecule has 4 nitrogen and oxygen atoms in total. The first-order valence-electron chi connectivity index (χ1n) is 8.20. The average molecular weight is 319 g/mol. The van der Waals surface area contributed by atoms with E-state index < -0.39 is 12.1 Å². The monoisotopic (exact) mass is 319 g/mol. The van der Waals surface area contributed by atoms with Gasteiger partial charge in [0.05, 0.1) is 6.04 Å². The second-order valence-electron chi connectivity index (χ2n) is 7.20. The fraction of sp³-hybridized carbons (Fsp3) is 0.579. The van der Waals surface area contributed by atoms with Crippen LogP contribution in [0.4, 0.5) is 4.79 Å². The fourth-order valence-electron chi connectivity index (χ4n) is 2.39. The van der Waals surface area contributed by atoms with Gasteiger partial charge in [0.1, 0.15) is 6.61 Å². The zero-order chi connectivity index (χ0) is 17.6. The highest BCUT2D eigenvalue weighted by Gasteiger charge is 2.34. The number of carbonyl (C=O) groups excluding carboxylic acids is 2. The molecule has 0 aliphatic carbocycles. The van der Waals surface area contributed by atoms with Gasteiger partial charge in [-0.15, -0.1) is 0 Å². The first-order chi connectivity index (χ1) is 10.7. The molecule has 0 aliphatic rings. The van der Waals surface area contributed by atoms with Crippen molar-refractivity contribution in [2.24, 2.45) is 11.3 Å². The Kier molecular flexibility index (Phi) is 6.79. The summed E-state index contributed by atoms with van der Waals surface area (Å²) in [4.78, 5) is 24.4. The zero-order valence-electron chi connectivity index (χ0n) is 15.1. The Morgan fingerprint density at radius 3 is 2.17 bits per heavy atom. The third-order valence-electron chi connectivity index (χ3n) is 3.84. The average Bonchev–Trinajstić information content (AvgIpc) is 2.48. The molecule has 0 aliphatic heterocycles. The van der Waals surface area contributed by atoms with E-state index in [1.165, 1.54) is 0 Å². The molecule has 0 saturated heterocycles. The zero-order valence-corrected chi connectivity index (χ0v) is 15.1. The number of carbonyl (C=O) groups is 2. The molecule has 1 aromatic carbocycles. The Bertz CT molecular complexity index is 544. The van der Waals surface area contributed by atoms with E-state index in [2.05, 4.69) is 12.2 Å². The Balaban J connectivity index is 2.71. The van der Waals surface area contributed by atoms with Gasteiger partial charge in [0.15, 0.2) is 5.78 Å². The van der Waals surface area contributed by atoms with Crippen LogP contribution >= 0.6 is 0 Å². The molecule has 23 heavy (non-hydrogen) atoms. The van der Waals surface area contributed by atoms with Crippen LogP contribution in [0.25, 0.3) is 0 Å². The molecule has 1 unspecified atom stereocenters. The van der Waals surface area contributed by atoms with Gasteiger partial charge in [-0.1, -0.05) is 65.8 Å². The predicted molar refractivity (Wildman–Crippen MR) is 92.2 cm³/mol. The Labute approximate surface area is 139 Å².